The van der Waals surface area contributed by atoms with Gasteiger partial charge in [0.2, 0.25) is 10.0 Å². The van der Waals surface area contributed by atoms with Crippen molar-refractivity contribution in [2.24, 2.45) is 0 Å². The lowest BCUT2D eigenvalue weighted by Gasteiger charge is -2.11. The van der Waals surface area contributed by atoms with Gasteiger partial charge in [0.15, 0.2) is 0 Å². The summed E-state index contributed by atoms with van der Waals surface area (Å²) in [7, 11) is -3.25. The smallest absolute Gasteiger partial charge is 0.255 e. The molecule has 0 spiro atoms. The zero-order valence-corrected chi connectivity index (χ0v) is 14.3. The number of amides is 1. The van der Waals surface area contributed by atoms with Gasteiger partial charge in [-0.1, -0.05) is 6.92 Å². The van der Waals surface area contributed by atoms with Crippen molar-refractivity contribution in [2.75, 3.05) is 31.2 Å². The van der Waals surface area contributed by atoms with E-state index in [-0.39, 0.29) is 19.0 Å². The number of pyridine rings is 1. The van der Waals surface area contributed by atoms with Crippen LogP contribution in [0.5, 0.6) is 0 Å². The molecule has 0 aliphatic heterocycles. The molecular weight excluding hydrogens is 360 g/mol. The molecule has 0 aromatic carbocycles. The third-order valence-electron chi connectivity index (χ3n) is 2.42. The number of halogens is 1. The van der Waals surface area contributed by atoms with E-state index in [2.05, 4.69) is 36.3 Å². The van der Waals surface area contributed by atoms with E-state index in [1.54, 1.807) is 12.3 Å². The molecule has 3 N–H and O–H groups in total. The first kappa shape index (κ1) is 17.9. The summed E-state index contributed by atoms with van der Waals surface area (Å²) in [4.78, 5) is 16.3. The lowest BCUT2D eigenvalue weighted by atomic mass is 10.2. The molecule has 0 bridgehead atoms. The molecule has 1 rings (SSSR count). The highest BCUT2D eigenvalue weighted by molar-refractivity contribution is 9.10. The summed E-state index contributed by atoms with van der Waals surface area (Å²) in [6.45, 7) is 3.07. The van der Waals surface area contributed by atoms with Crippen LogP contribution in [0.1, 0.15) is 23.7 Å². The molecule has 1 aromatic rings. The molecule has 0 aliphatic carbocycles. The first-order valence-corrected chi connectivity index (χ1v) is 9.14. The second-order valence-corrected chi connectivity index (χ2v) is 7.15. The molecule has 1 amide bonds. The van der Waals surface area contributed by atoms with Crippen LogP contribution in [-0.2, 0) is 10.0 Å². The zero-order chi connectivity index (χ0) is 15.9. The molecule has 7 nitrogen and oxygen atoms in total. The molecule has 1 heterocycles. The van der Waals surface area contributed by atoms with Gasteiger partial charge in [-0.2, -0.15) is 0 Å². The normalized spacial score (nSPS) is 11.2. The Balaban J connectivity index is 2.65. The van der Waals surface area contributed by atoms with E-state index in [1.807, 2.05) is 6.92 Å². The Labute approximate surface area is 133 Å². The van der Waals surface area contributed by atoms with Crippen LogP contribution in [0.25, 0.3) is 0 Å². The predicted octanol–water partition coefficient (Wildman–Crippen LogP) is 0.945. The number of carbonyl (C=O) groups is 1. The van der Waals surface area contributed by atoms with Gasteiger partial charge in [0, 0.05) is 30.3 Å². The Morgan fingerprint density at radius 2 is 2.05 bits per heavy atom. The highest BCUT2D eigenvalue weighted by Gasteiger charge is 2.13. The highest BCUT2D eigenvalue weighted by Crippen LogP contribution is 2.17. The van der Waals surface area contributed by atoms with Gasteiger partial charge in [0.1, 0.15) is 5.82 Å². The average molecular weight is 379 g/mol. The number of nitrogens with one attached hydrogen (secondary N) is 3. The van der Waals surface area contributed by atoms with E-state index < -0.39 is 10.0 Å². The summed E-state index contributed by atoms with van der Waals surface area (Å²) >= 11 is 3.28. The first-order chi connectivity index (χ1) is 9.83. The maximum absolute atomic E-state index is 12.1. The van der Waals surface area contributed by atoms with Crippen LogP contribution in [0.4, 0.5) is 5.82 Å². The minimum absolute atomic E-state index is 0.143. The number of sulfonamides is 1. The van der Waals surface area contributed by atoms with Crippen molar-refractivity contribution in [1.82, 2.24) is 15.0 Å². The maximum atomic E-state index is 12.1. The SMILES string of the molecule is CCCNc1ncc(Br)cc1C(=O)NCCNS(C)(=O)=O. The number of anilines is 1. The molecule has 0 saturated carbocycles. The molecule has 21 heavy (non-hydrogen) atoms. The summed E-state index contributed by atoms with van der Waals surface area (Å²) < 4.78 is 24.8. The topological polar surface area (TPSA) is 100 Å². The summed E-state index contributed by atoms with van der Waals surface area (Å²) in [5.41, 5.74) is 0.414. The van der Waals surface area contributed by atoms with Crippen LogP contribution < -0.4 is 15.4 Å². The molecule has 0 atom stereocenters. The molecule has 0 aliphatic rings. The second-order valence-electron chi connectivity index (χ2n) is 4.40. The molecule has 0 unspecified atom stereocenters. The molecule has 1 aromatic heterocycles. The summed E-state index contributed by atoms with van der Waals surface area (Å²) in [6, 6.07) is 1.67. The standard InChI is InChI=1S/C12H19BrN4O3S/c1-3-4-14-11-10(7-9(13)8-16-11)12(18)15-5-6-17-21(2,19)20/h7-8,17H,3-6H2,1-2H3,(H,14,16)(H,15,18). The monoisotopic (exact) mass is 378 g/mol. The molecule has 0 radical (unpaired) electrons. The summed E-state index contributed by atoms with van der Waals surface area (Å²) in [6.07, 6.45) is 3.59. The number of rotatable bonds is 8. The Morgan fingerprint density at radius 1 is 1.33 bits per heavy atom. The van der Waals surface area contributed by atoms with Crippen LogP contribution in [0.2, 0.25) is 0 Å². The molecular formula is C12H19BrN4O3S. The Bertz CT molecular complexity index is 592. The number of aromatic nitrogens is 1. The quantitative estimate of drug-likeness (QED) is 0.584. The minimum atomic E-state index is -3.25. The zero-order valence-electron chi connectivity index (χ0n) is 11.9. The van der Waals surface area contributed by atoms with Crippen LogP contribution in [-0.4, -0.2) is 45.2 Å². The van der Waals surface area contributed by atoms with Crippen molar-refractivity contribution in [3.05, 3.63) is 22.3 Å². The van der Waals surface area contributed by atoms with E-state index in [9.17, 15) is 13.2 Å². The average Bonchev–Trinajstić information content (AvgIpc) is 2.41. The van der Waals surface area contributed by atoms with E-state index in [1.165, 1.54) is 0 Å². The predicted molar refractivity (Wildman–Crippen MR) is 85.9 cm³/mol. The van der Waals surface area contributed by atoms with Gasteiger partial charge in [0.05, 0.1) is 11.8 Å². The fraction of sp³-hybridized carbons (Fsp3) is 0.500. The number of carbonyl (C=O) groups excluding carboxylic acids is 1. The minimum Gasteiger partial charge on any atom is -0.369 e. The lowest BCUT2D eigenvalue weighted by molar-refractivity contribution is 0.0954. The van der Waals surface area contributed by atoms with Crippen molar-refractivity contribution in [2.45, 2.75) is 13.3 Å². The van der Waals surface area contributed by atoms with Gasteiger partial charge in [-0.15, -0.1) is 0 Å². The van der Waals surface area contributed by atoms with Crippen molar-refractivity contribution in [3.63, 3.8) is 0 Å². The number of nitrogens with zero attached hydrogens (tertiary/aromatic N) is 1. The van der Waals surface area contributed by atoms with E-state index >= 15 is 0 Å². The van der Waals surface area contributed by atoms with Gasteiger partial charge in [-0.05, 0) is 28.4 Å². The maximum Gasteiger partial charge on any atom is 0.255 e. The Hall–Kier alpha value is -1.19. The van der Waals surface area contributed by atoms with Gasteiger partial charge in [0.25, 0.3) is 5.91 Å². The fourth-order valence-corrected chi connectivity index (χ4v) is 2.31. The van der Waals surface area contributed by atoms with Gasteiger partial charge < -0.3 is 10.6 Å². The van der Waals surface area contributed by atoms with Crippen LogP contribution >= 0.6 is 15.9 Å². The van der Waals surface area contributed by atoms with Crippen molar-refractivity contribution in [3.8, 4) is 0 Å². The third-order valence-corrected chi connectivity index (χ3v) is 3.58. The van der Waals surface area contributed by atoms with Crippen molar-refractivity contribution >= 4 is 37.7 Å². The fourth-order valence-electron chi connectivity index (χ4n) is 1.50. The third kappa shape index (κ3) is 6.87. The van der Waals surface area contributed by atoms with Gasteiger partial charge in [-0.3, -0.25) is 4.79 Å². The Kier molecular flexibility index (Phi) is 7.06. The van der Waals surface area contributed by atoms with Crippen LogP contribution in [0.15, 0.2) is 16.7 Å². The van der Waals surface area contributed by atoms with Gasteiger partial charge in [-0.25, -0.2) is 18.1 Å². The molecule has 9 heteroatoms. The van der Waals surface area contributed by atoms with Crippen molar-refractivity contribution < 1.29 is 13.2 Å². The lowest BCUT2D eigenvalue weighted by Crippen LogP contribution is -2.34. The van der Waals surface area contributed by atoms with E-state index in [0.717, 1.165) is 12.7 Å². The van der Waals surface area contributed by atoms with Crippen LogP contribution in [0, 0.1) is 0 Å². The largest absolute Gasteiger partial charge is 0.369 e. The summed E-state index contributed by atoms with van der Waals surface area (Å²) in [5.74, 6) is 0.200. The molecule has 0 fully saturated rings. The van der Waals surface area contributed by atoms with E-state index in [4.69, 9.17) is 0 Å². The number of hydrogen-bond acceptors (Lipinski definition) is 5. The first-order valence-electron chi connectivity index (χ1n) is 6.45. The second kappa shape index (κ2) is 8.30. The van der Waals surface area contributed by atoms with Crippen LogP contribution in [0.3, 0.4) is 0 Å². The van der Waals surface area contributed by atoms with Gasteiger partial charge >= 0.3 is 0 Å². The summed E-state index contributed by atoms with van der Waals surface area (Å²) in [5, 5.41) is 5.73. The highest BCUT2D eigenvalue weighted by atomic mass is 79.9. The molecule has 0 saturated heterocycles. The Morgan fingerprint density at radius 3 is 2.67 bits per heavy atom. The number of hydrogen-bond donors (Lipinski definition) is 3. The van der Waals surface area contributed by atoms with E-state index in [0.29, 0.717) is 22.4 Å². The van der Waals surface area contributed by atoms with Crippen molar-refractivity contribution in [1.29, 1.82) is 0 Å². The molecule has 118 valence electrons.